The summed E-state index contributed by atoms with van der Waals surface area (Å²) in [6.07, 6.45) is 0. The maximum Gasteiger partial charge on any atom is 0.327 e. The van der Waals surface area contributed by atoms with Gasteiger partial charge in [0.05, 0.1) is 0 Å². The molecule has 0 aromatic carbocycles. The summed E-state index contributed by atoms with van der Waals surface area (Å²) in [6, 6.07) is 0. The van der Waals surface area contributed by atoms with Crippen LogP contribution in [0.5, 0.6) is 0 Å². The van der Waals surface area contributed by atoms with Crippen LogP contribution in [0.15, 0.2) is 0 Å². The topological polar surface area (TPSA) is 18.5 Å². The van der Waals surface area contributed by atoms with Gasteiger partial charge in [0.2, 0.25) is 0 Å². The lowest BCUT2D eigenvalue weighted by Gasteiger charge is -2.34. The van der Waals surface area contributed by atoms with Crippen LogP contribution < -0.4 is 0 Å². The van der Waals surface area contributed by atoms with Crippen LogP contribution in [0.2, 0.25) is 5.04 Å². The molecule has 0 saturated carbocycles. The van der Waals surface area contributed by atoms with E-state index >= 15 is 0 Å². The Morgan fingerprint density at radius 3 is 1.69 bits per heavy atom. The van der Waals surface area contributed by atoms with E-state index in [0.717, 1.165) is 13.2 Å². The van der Waals surface area contributed by atoms with Crippen LogP contribution in [-0.2, 0) is 8.85 Å². The van der Waals surface area contributed by atoms with E-state index < -0.39 is 9.28 Å². The zero-order valence-corrected chi connectivity index (χ0v) is 11.0. The monoisotopic (exact) mass is 204 g/mol. The normalized spacial score (nSPS) is 12.9. The van der Waals surface area contributed by atoms with Crippen molar-refractivity contribution in [3.05, 3.63) is 0 Å². The fourth-order valence-electron chi connectivity index (χ4n) is 1.05. The van der Waals surface area contributed by atoms with Gasteiger partial charge in [-0.2, -0.15) is 0 Å². The van der Waals surface area contributed by atoms with Gasteiger partial charge in [-0.15, -0.1) is 0 Å². The highest BCUT2D eigenvalue weighted by atomic mass is 28.3. The predicted molar refractivity (Wildman–Crippen MR) is 59.3 cm³/mol. The third-order valence-corrected chi connectivity index (χ3v) is 5.89. The van der Waals surface area contributed by atoms with E-state index in [0.29, 0.717) is 5.92 Å². The zero-order chi connectivity index (χ0) is 10.5. The molecule has 0 aromatic rings. The highest BCUT2D eigenvalue weighted by molar-refractivity contribution is 6.48. The second kappa shape index (κ2) is 5.78. The summed E-state index contributed by atoms with van der Waals surface area (Å²) >= 11 is 0. The molecule has 13 heavy (non-hydrogen) atoms. The first kappa shape index (κ1) is 13.1. The van der Waals surface area contributed by atoms with Gasteiger partial charge in [-0.1, -0.05) is 27.7 Å². The molecule has 0 spiro atoms. The Bertz CT molecular complexity index is 129. The second-order valence-corrected chi connectivity index (χ2v) is 7.04. The molecule has 0 aliphatic heterocycles. The molecular weight excluding hydrogens is 180 g/mol. The van der Waals surface area contributed by atoms with Crippen LogP contribution in [-0.4, -0.2) is 22.5 Å². The molecule has 0 fully saturated rings. The van der Waals surface area contributed by atoms with Crippen LogP contribution >= 0.6 is 0 Å². The van der Waals surface area contributed by atoms with E-state index in [4.69, 9.17) is 8.85 Å². The van der Waals surface area contributed by atoms with Crippen LogP contribution in [0.25, 0.3) is 0 Å². The Labute approximate surface area is 84.5 Å². The summed E-state index contributed by atoms with van der Waals surface area (Å²) in [5.74, 6) is 0.613. The molecule has 0 N–H and O–H groups in total. The molecule has 3 heteroatoms. The van der Waals surface area contributed by atoms with Crippen molar-refractivity contribution in [2.75, 3.05) is 13.2 Å². The largest absolute Gasteiger partial charge is 0.397 e. The van der Waals surface area contributed by atoms with Crippen LogP contribution in [0.4, 0.5) is 0 Å². The summed E-state index contributed by atoms with van der Waals surface area (Å²) in [5, 5.41) is 0.214. The fourth-order valence-corrected chi connectivity index (χ4v) is 3.16. The first-order chi connectivity index (χ1) is 5.96. The molecule has 0 amide bonds. The molecular formula is C10H24O2Si. The number of hydrogen-bond acceptors (Lipinski definition) is 2. The van der Waals surface area contributed by atoms with Gasteiger partial charge in [-0.05, 0) is 19.8 Å². The van der Waals surface area contributed by atoms with Gasteiger partial charge in [-0.25, -0.2) is 0 Å². The van der Waals surface area contributed by atoms with E-state index in [1.54, 1.807) is 0 Å². The lowest BCUT2D eigenvalue weighted by atomic mass is 9.99. The molecule has 0 bridgehead atoms. The molecule has 0 radical (unpaired) electrons. The van der Waals surface area contributed by atoms with Crippen molar-refractivity contribution in [2.24, 2.45) is 5.92 Å². The van der Waals surface area contributed by atoms with E-state index in [2.05, 4.69) is 27.7 Å². The Morgan fingerprint density at radius 1 is 1.08 bits per heavy atom. The fraction of sp³-hybridized carbons (Fsp3) is 1.00. The molecule has 0 aromatic heterocycles. The molecule has 2 nitrogen and oxygen atoms in total. The molecule has 0 heterocycles. The lowest BCUT2D eigenvalue weighted by Crippen LogP contribution is -2.38. The second-order valence-electron chi connectivity index (χ2n) is 4.22. The van der Waals surface area contributed by atoms with Crippen LogP contribution in [0, 0.1) is 5.92 Å². The highest BCUT2D eigenvalue weighted by Gasteiger charge is 2.36. The third kappa shape index (κ3) is 3.79. The van der Waals surface area contributed by atoms with Crippen molar-refractivity contribution in [1.82, 2.24) is 0 Å². The minimum Gasteiger partial charge on any atom is -0.397 e. The Morgan fingerprint density at radius 2 is 1.46 bits per heavy atom. The van der Waals surface area contributed by atoms with Crippen LogP contribution in [0.1, 0.15) is 41.5 Å². The van der Waals surface area contributed by atoms with Gasteiger partial charge >= 0.3 is 9.28 Å². The minimum absolute atomic E-state index is 0.214. The predicted octanol–water partition coefficient (Wildman–Crippen LogP) is 2.72. The smallest absolute Gasteiger partial charge is 0.327 e. The molecule has 80 valence electrons. The number of hydrogen-bond donors (Lipinski definition) is 0. The van der Waals surface area contributed by atoms with E-state index in [9.17, 15) is 0 Å². The Hall–Kier alpha value is 0.137. The van der Waals surface area contributed by atoms with Gasteiger partial charge in [0.25, 0.3) is 0 Å². The van der Waals surface area contributed by atoms with Crippen LogP contribution in [0.3, 0.4) is 0 Å². The molecule has 0 aliphatic carbocycles. The maximum absolute atomic E-state index is 5.73. The van der Waals surface area contributed by atoms with Crippen molar-refractivity contribution in [1.29, 1.82) is 0 Å². The summed E-state index contributed by atoms with van der Waals surface area (Å²) < 4.78 is 11.5. The number of rotatable bonds is 6. The van der Waals surface area contributed by atoms with Crippen molar-refractivity contribution in [3.8, 4) is 0 Å². The first-order valence-corrected chi connectivity index (χ1v) is 6.72. The maximum atomic E-state index is 5.73. The van der Waals surface area contributed by atoms with Crippen molar-refractivity contribution >= 4 is 9.28 Å². The summed E-state index contributed by atoms with van der Waals surface area (Å²) in [4.78, 5) is 0. The zero-order valence-electron chi connectivity index (χ0n) is 9.89. The van der Waals surface area contributed by atoms with E-state index in [-0.39, 0.29) is 5.04 Å². The van der Waals surface area contributed by atoms with E-state index in [1.165, 1.54) is 0 Å². The van der Waals surface area contributed by atoms with Crippen molar-refractivity contribution in [2.45, 2.75) is 46.6 Å². The van der Waals surface area contributed by atoms with E-state index in [1.807, 2.05) is 13.8 Å². The average Bonchev–Trinajstić information content (AvgIpc) is 2.03. The molecule has 0 unspecified atom stereocenters. The highest BCUT2D eigenvalue weighted by Crippen LogP contribution is 2.38. The SMILES string of the molecule is CCO[SiH](OCC)C(C)(C)C(C)C. The third-order valence-electron chi connectivity index (χ3n) is 2.73. The molecule has 0 aliphatic rings. The van der Waals surface area contributed by atoms with Crippen molar-refractivity contribution in [3.63, 3.8) is 0 Å². The van der Waals surface area contributed by atoms with Crippen molar-refractivity contribution < 1.29 is 8.85 Å². The summed E-state index contributed by atoms with van der Waals surface area (Å²) in [5.41, 5.74) is 0. The lowest BCUT2D eigenvalue weighted by molar-refractivity contribution is 0.177. The van der Waals surface area contributed by atoms with Gasteiger partial charge in [0.1, 0.15) is 0 Å². The van der Waals surface area contributed by atoms with Gasteiger partial charge < -0.3 is 8.85 Å². The quantitative estimate of drug-likeness (QED) is 0.619. The Kier molecular flexibility index (Phi) is 5.84. The minimum atomic E-state index is -1.50. The molecule has 0 saturated heterocycles. The van der Waals surface area contributed by atoms with Gasteiger partial charge in [0, 0.05) is 18.3 Å². The first-order valence-electron chi connectivity index (χ1n) is 5.20. The summed E-state index contributed by atoms with van der Waals surface area (Å²) in [7, 11) is -1.50. The Balaban J connectivity index is 4.31. The average molecular weight is 204 g/mol. The molecule has 0 atom stereocenters. The van der Waals surface area contributed by atoms with Gasteiger partial charge in [0.15, 0.2) is 0 Å². The van der Waals surface area contributed by atoms with Gasteiger partial charge in [-0.3, -0.25) is 0 Å². The standard InChI is InChI=1S/C10H24O2Si/c1-7-11-13(12-8-2)10(5,6)9(3)4/h9,13H,7-8H2,1-6H3. The summed E-state index contributed by atoms with van der Waals surface area (Å²) in [6.45, 7) is 14.6. The molecule has 0 rings (SSSR count).